The average Bonchev–Trinajstić information content (AvgIpc) is 3.10. The number of H-pyrrole nitrogens is 1. The predicted molar refractivity (Wildman–Crippen MR) is 114 cm³/mol. The maximum absolute atomic E-state index is 12.7. The van der Waals surface area contributed by atoms with Gasteiger partial charge in [-0.25, -0.2) is 0 Å². The van der Waals surface area contributed by atoms with Gasteiger partial charge in [0.05, 0.1) is 12.1 Å². The summed E-state index contributed by atoms with van der Waals surface area (Å²) in [4.78, 5) is 12.1. The van der Waals surface area contributed by atoms with E-state index in [-0.39, 0.29) is 24.4 Å². The lowest BCUT2D eigenvalue weighted by Crippen LogP contribution is -2.24. The fraction of sp³-hybridized carbons (Fsp3) is 0.227. The van der Waals surface area contributed by atoms with Crippen molar-refractivity contribution in [2.24, 2.45) is 0 Å². The van der Waals surface area contributed by atoms with Crippen LogP contribution in [0.4, 0.5) is 13.2 Å². The van der Waals surface area contributed by atoms with Gasteiger partial charge in [0.15, 0.2) is 10.6 Å². The molecular formula is C22H19F3N4OS. The second kappa shape index (κ2) is 9.62. The lowest BCUT2D eigenvalue weighted by Gasteiger charge is -2.07. The van der Waals surface area contributed by atoms with E-state index in [1.807, 2.05) is 31.2 Å². The van der Waals surface area contributed by atoms with Gasteiger partial charge in [-0.3, -0.25) is 14.5 Å². The Balaban J connectivity index is 1.57. The molecular weight excluding hydrogens is 425 g/mol. The maximum Gasteiger partial charge on any atom is 0.416 e. The molecule has 0 aliphatic heterocycles. The number of benzene rings is 2. The topological polar surface area (TPSA) is 62.7 Å². The van der Waals surface area contributed by atoms with Crippen molar-refractivity contribution in [1.29, 1.82) is 0 Å². The second-order valence-electron chi connectivity index (χ2n) is 6.78. The Hall–Kier alpha value is -3.38. The Labute approximate surface area is 182 Å². The Morgan fingerprint density at radius 3 is 2.74 bits per heavy atom. The van der Waals surface area contributed by atoms with Crippen molar-refractivity contribution in [1.82, 2.24) is 20.1 Å². The van der Waals surface area contributed by atoms with E-state index in [4.69, 9.17) is 12.2 Å². The fourth-order valence-electron chi connectivity index (χ4n) is 2.89. The van der Waals surface area contributed by atoms with Crippen LogP contribution >= 0.6 is 12.2 Å². The van der Waals surface area contributed by atoms with Gasteiger partial charge >= 0.3 is 6.18 Å². The number of alkyl halides is 3. The molecule has 1 aromatic heterocycles. The summed E-state index contributed by atoms with van der Waals surface area (Å²) < 4.78 is 40.3. The molecule has 0 saturated carbocycles. The van der Waals surface area contributed by atoms with Gasteiger partial charge in [-0.1, -0.05) is 41.7 Å². The van der Waals surface area contributed by atoms with Crippen LogP contribution in [0.5, 0.6) is 0 Å². The molecule has 2 N–H and O–H groups in total. The minimum atomic E-state index is -4.42. The van der Waals surface area contributed by atoms with Crippen LogP contribution in [-0.2, 0) is 17.5 Å². The molecule has 0 fully saturated rings. The highest BCUT2D eigenvalue weighted by Gasteiger charge is 2.30. The third-order valence-corrected chi connectivity index (χ3v) is 4.71. The van der Waals surface area contributed by atoms with E-state index >= 15 is 0 Å². The number of carbonyl (C=O) groups is 1. The zero-order valence-corrected chi connectivity index (χ0v) is 17.4. The summed E-state index contributed by atoms with van der Waals surface area (Å²) in [5.41, 5.74) is 1.44. The number of aromatic nitrogens is 3. The van der Waals surface area contributed by atoms with Crippen LogP contribution in [0.25, 0.3) is 11.4 Å². The van der Waals surface area contributed by atoms with Crippen molar-refractivity contribution in [2.75, 3.05) is 6.54 Å². The van der Waals surface area contributed by atoms with Gasteiger partial charge in [0, 0.05) is 24.1 Å². The standard InChI is InChI=1S/C22H19F3N4OS/c1-15-5-2-8-17(13-15)20-27-28-21(31)29(20)12-10-19(30)26-11-4-7-16-6-3-9-18(14-16)22(23,24)25/h2-3,5-6,8-9,13-14H,10-12H2,1H3,(H,26,30)(H,28,31). The van der Waals surface area contributed by atoms with Crippen LogP contribution in [0.2, 0.25) is 0 Å². The Morgan fingerprint density at radius 2 is 2.00 bits per heavy atom. The Morgan fingerprint density at radius 1 is 1.23 bits per heavy atom. The molecule has 0 spiro atoms. The fourth-order valence-corrected chi connectivity index (χ4v) is 3.12. The number of halogens is 3. The molecule has 0 atom stereocenters. The van der Waals surface area contributed by atoms with Crippen molar-refractivity contribution < 1.29 is 18.0 Å². The second-order valence-corrected chi connectivity index (χ2v) is 7.17. The lowest BCUT2D eigenvalue weighted by atomic mass is 10.1. The molecule has 31 heavy (non-hydrogen) atoms. The molecule has 0 radical (unpaired) electrons. The monoisotopic (exact) mass is 444 g/mol. The quantitative estimate of drug-likeness (QED) is 0.450. The van der Waals surface area contributed by atoms with Crippen LogP contribution in [0.1, 0.15) is 23.1 Å². The summed E-state index contributed by atoms with van der Waals surface area (Å²) in [6.45, 7) is 2.32. The zero-order valence-electron chi connectivity index (χ0n) is 16.6. The van der Waals surface area contributed by atoms with Crippen molar-refractivity contribution in [3.63, 3.8) is 0 Å². The molecule has 0 aliphatic carbocycles. The first kappa shape index (κ1) is 22.3. The van der Waals surface area contributed by atoms with Crippen LogP contribution in [0, 0.1) is 23.5 Å². The van der Waals surface area contributed by atoms with Gasteiger partial charge in [-0.05, 0) is 43.4 Å². The number of amides is 1. The molecule has 1 heterocycles. The van der Waals surface area contributed by atoms with Gasteiger partial charge in [0.25, 0.3) is 0 Å². The first-order chi connectivity index (χ1) is 14.7. The van der Waals surface area contributed by atoms with E-state index in [1.54, 1.807) is 4.57 Å². The van der Waals surface area contributed by atoms with Gasteiger partial charge in [0.1, 0.15) is 0 Å². The summed E-state index contributed by atoms with van der Waals surface area (Å²) in [6, 6.07) is 12.5. The minimum Gasteiger partial charge on any atom is -0.345 e. The van der Waals surface area contributed by atoms with E-state index in [2.05, 4.69) is 27.4 Å². The van der Waals surface area contributed by atoms with Crippen molar-refractivity contribution in [3.8, 4) is 23.2 Å². The lowest BCUT2D eigenvalue weighted by molar-refractivity contribution is -0.137. The Kier molecular flexibility index (Phi) is 6.92. The number of hydrogen-bond acceptors (Lipinski definition) is 3. The largest absolute Gasteiger partial charge is 0.416 e. The minimum absolute atomic E-state index is 0.0244. The molecule has 0 unspecified atom stereocenters. The molecule has 3 aromatic rings. The van der Waals surface area contributed by atoms with Crippen LogP contribution in [-0.4, -0.2) is 27.2 Å². The number of aromatic amines is 1. The number of nitrogens with zero attached hydrogens (tertiary/aromatic N) is 2. The number of carbonyl (C=O) groups excluding carboxylic acids is 1. The molecule has 2 aromatic carbocycles. The van der Waals surface area contributed by atoms with Gasteiger partial charge in [-0.15, -0.1) is 0 Å². The molecule has 0 aliphatic rings. The van der Waals surface area contributed by atoms with E-state index in [1.165, 1.54) is 12.1 Å². The molecule has 5 nitrogen and oxygen atoms in total. The van der Waals surface area contributed by atoms with Crippen LogP contribution in [0.3, 0.4) is 0 Å². The van der Waals surface area contributed by atoms with Gasteiger partial charge in [-0.2, -0.15) is 18.3 Å². The maximum atomic E-state index is 12.7. The molecule has 9 heteroatoms. The predicted octanol–water partition coefficient (Wildman–Crippen LogP) is 4.49. The summed E-state index contributed by atoms with van der Waals surface area (Å²) in [5, 5.41) is 9.63. The number of hydrogen-bond donors (Lipinski definition) is 2. The van der Waals surface area contributed by atoms with Crippen molar-refractivity contribution >= 4 is 18.1 Å². The Bertz CT molecular complexity index is 1200. The third-order valence-electron chi connectivity index (χ3n) is 4.39. The van der Waals surface area contributed by atoms with Crippen LogP contribution < -0.4 is 5.32 Å². The first-order valence-corrected chi connectivity index (χ1v) is 9.80. The number of nitrogens with one attached hydrogen (secondary N) is 2. The molecule has 0 saturated heterocycles. The zero-order chi connectivity index (χ0) is 22.4. The molecule has 160 valence electrons. The summed E-state index contributed by atoms with van der Waals surface area (Å²) >= 11 is 5.27. The molecule has 0 bridgehead atoms. The highest BCUT2D eigenvalue weighted by Crippen LogP contribution is 2.29. The van der Waals surface area contributed by atoms with Gasteiger partial charge in [0.2, 0.25) is 5.91 Å². The highest BCUT2D eigenvalue weighted by atomic mass is 32.1. The normalized spacial score (nSPS) is 11.0. The van der Waals surface area contributed by atoms with Gasteiger partial charge < -0.3 is 5.32 Å². The highest BCUT2D eigenvalue weighted by molar-refractivity contribution is 7.71. The summed E-state index contributed by atoms with van der Waals surface area (Å²) in [7, 11) is 0. The van der Waals surface area contributed by atoms with E-state index < -0.39 is 11.7 Å². The third kappa shape index (κ3) is 6.06. The van der Waals surface area contributed by atoms with Crippen LogP contribution in [0.15, 0.2) is 48.5 Å². The summed E-state index contributed by atoms with van der Waals surface area (Å²) in [5.74, 6) is 5.68. The SMILES string of the molecule is Cc1cccc(-c2n[nH]c(=S)n2CCC(=O)NCC#Cc2cccc(C(F)(F)F)c2)c1. The van der Waals surface area contributed by atoms with E-state index in [0.29, 0.717) is 17.1 Å². The average molecular weight is 444 g/mol. The number of aryl methyl sites for hydroxylation is 1. The smallest absolute Gasteiger partial charge is 0.345 e. The van der Waals surface area contributed by atoms with E-state index in [9.17, 15) is 18.0 Å². The van der Waals surface area contributed by atoms with Crippen molar-refractivity contribution in [3.05, 3.63) is 70.0 Å². The summed E-state index contributed by atoms with van der Waals surface area (Å²) in [6.07, 6.45) is -4.27. The van der Waals surface area contributed by atoms with Crippen molar-refractivity contribution in [2.45, 2.75) is 26.1 Å². The molecule has 1 amide bonds. The first-order valence-electron chi connectivity index (χ1n) is 9.39. The molecule has 3 rings (SSSR count). The van der Waals surface area contributed by atoms with E-state index in [0.717, 1.165) is 23.3 Å². The number of rotatable bonds is 5.